The van der Waals surface area contributed by atoms with E-state index in [4.69, 9.17) is 4.42 Å². The minimum atomic E-state index is -2.99. The van der Waals surface area contributed by atoms with Gasteiger partial charge in [-0.3, -0.25) is 0 Å². The lowest BCUT2D eigenvalue weighted by molar-refractivity contribution is 0.116. The predicted molar refractivity (Wildman–Crippen MR) is 112 cm³/mol. The first kappa shape index (κ1) is 21.4. The lowest BCUT2D eigenvalue weighted by Crippen LogP contribution is -2.06. The van der Waals surface area contributed by atoms with Gasteiger partial charge < -0.3 is 9.73 Å². The lowest BCUT2D eigenvalue weighted by Gasteiger charge is -2.06. The minimum Gasteiger partial charge on any atom is -0.415 e. The van der Waals surface area contributed by atoms with Crippen LogP contribution in [0.3, 0.4) is 0 Å². The summed E-state index contributed by atoms with van der Waals surface area (Å²) in [6.45, 7) is -0.251. The Morgan fingerprint density at radius 1 is 1.03 bits per heavy atom. The van der Waals surface area contributed by atoms with Gasteiger partial charge in [-0.2, -0.15) is 8.78 Å². The highest BCUT2D eigenvalue weighted by atomic mass is 19.3. The molecule has 0 aliphatic heterocycles. The molecule has 9 nitrogen and oxygen atoms in total. The van der Waals surface area contributed by atoms with Crippen molar-refractivity contribution in [1.82, 2.24) is 35.2 Å². The molecular formula is C21H14F4N8O. The zero-order chi connectivity index (χ0) is 23.8. The van der Waals surface area contributed by atoms with Gasteiger partial charge in [-0.1, -0.05) is 11.3 Å². The highest BCUT2D eigenvalue weighted by Crippen LogP contribution is 2.27. The number of benzene rings is 2. The van der Waals surface area contributed by atoms with E-state index in [1.807, 2.05) is 6.07 Å². The van der Waals surface area contributed by atoms with Crippen LogP contribution in [0.25, 0.3) is 33.6 Å². The molecule has 3 heterocycles. The van der Waals surface area contributed by atoms with E-state index in [0.29, 0.717) is 11.6 Å². The predicted octanol–water partition coefficient (Wildman–Crippen LogP) is 4.24. The number of fused-ring (bicyclic) bond motifs is 1. The molecule has 0 aliphatic rings. The molecule has 0 radical (unpaired) electrons. The zero-order valence-corrected chi connectivity index (χ0v) is 17.4. The second-order valence-electron chi connectivity index (χ2n) is 7.18. The van der Waals surface area contributed by atoms with Crippen LogP contribution in [-0.4, -0.2) is 42.2 Å². The Balaban J connectivity index is 1.39. The van der Waals surface area contributed by atoms with Crippen LogP contribution in [0.5, 0.6) is 0 Å². The average molecular weight is 470 g/mol. The molecule has 0 unspecified atom stereocenters. The van der Waals surface area contributed by atoms with Crippen LogP contribution in [0.4, 0.5) is 23.5 Å². The molecule has 1 N–H and O–H groups in total. The van der Waals surface area contributed by atoms with E-state index in [1.54, 1.807) is 31.6 Å². The number of alkyl halides is 2. The molecule has 34 heavy (non-hydrogen) atoms. The third-order valence-electron chi connectivity index (χ3n) is 4.97. The van der Waals surface area contributed by atoms with E-state index in [1.165, 1.54) is 4.68 Å². The van der Waals surface area contributed by atoms with Crippen LogP contribution in [0.2, 0.25) is 0 Å². The third-order valence-corrected chi connectivity index (χ3v) is 4.97. The fraction of sp³-hybridized carbons (Fsp3) is 0.143. The molecule has 0 amide bonds. The normalized spacial score (nSPS) is 11.5. The first-order valence-electron chi connectivity index (χ1n) is 9.86. The smallest absolute Gasteiger partial charge is 0.314 e. The number of nitrogens with zero attached hydrogens (tertiary/aromatic N) is 7. The van der Waals surface area contributed by atoms with E-state index in [2.05, 4.69) is 35.8 Å². The Labute approximate surface area is 188 Å². The number of hydrogen-bond acceptors (Lipinski definition) is 8. The summed E-state index contributed by atoms with van der Waals surface area (Å²) in [7, 11) is 1.72. The molecule has 2 aromatic carbocycles. The van der Waals surface area contributed by atoms with Gasteiger partial charge in [0.1, 0.15) is 17.3 Å². The van der Waals surface area contributed by atoms with Crippen LogP contribution in [-0.2, 0) is 6.54 Å². The Morgan fingerprint density at radius 2 is 1.82 bits per heavy atom. The number of hydrogen-bond donors (Lipinski definition) is 1. The van der Waals surface area contributed by atoms with Crippen molar-refractivity contribution < 1.29 is 22.0 Å². The summed E-state index contributed by atoms with van der Waals surface area (Å²) in [6.07, 6.45) is 0.226. The molecule has 172 valence electrons. The molecule has 0 fully saturated rings. The molecule has 3 aromatic heterocycles. The lowest BCUT2D eigenvalue weighted by atomic mass is 10.1. The monoisotopic (exact) mass is 470 g/mol. The van der Waals surface area contributed by atoms with Gasteiger partial charge in [-0.25, -0.2) is 23.4 Å². The molecule has 0 saturated carbocycles. The first-order valence-corrected chi connectivity index (χ1v) is 9.86. The van der Waals surface area contributed by atoms with Crippen molar-refractivity contribution in [1.29, 1.82) is 0 Å². The highest BCUT2D eigenvalue weighted by molar-refractivity contribution is 5.83. The number of halogens is 4. The molecule has 0 atom stereocenters. The second kappa shape index (κ2) is 8.50. The molecule has 5 rings (SSSR count). The number of anilines is 1. The van der Waals surface area contributed by atoms with Crippen LogP contribution in [0.15, 0.2) is 47.1 Å². The van der Waals surface area contributed by atoms with Crippen molar-refractivity contribution >= 4 is 16.9 Å². The van der Waals surface area contributed by atoms with Gasteiger partial charge in [0.2, 0.25) is 11.8 Å². The van der Waals surface area contributed by atoms with Gasteiger partial charge in [-0.15, -0.1) is 15.3 Å². The molecular weight excluding hydrogens is 456 g/mol. The fourth-order valence-electron chi connectivity index (χ4n) is 3.30. The van der Waals surface area contributed by atoms with E-state index >= 15 is 0 Å². The van der Waals surface area contributed by atoms with Gasteiger partial charge in [-0.05, 0) is 24.3 Å². The maximum atomic E-state index is 14.7. The van der Waals surface area contributed by atoms with E-state index in [9.17, 15) is 17.6 Å². The van der Waals surface area contributed by atoms with Crippen LogP contribution in [0.1, 0.15) is 17.9 Å². The maximum absolute atomic E-state index is 14.7. The summed E-state index contributed by atoms with van der Waals surface area (Å²) in [6, 6.07) is 7.30. The van der Waals surface area contributed by atoms with Crippen molar-refractivity contribution in [2.45, 2.75) is 13.0 Å². The van der Waals surface area contributed by atoms with E-state index in [0.717, 1.165) is 28.6 Å². The quantitative estimate of drug-likeness (QED) is 0.367. The van der Waals surface area contributed by atoms with Crippen molar-refractivity contribution in [2.75, 3.05) is 12.4 Å². The van der Waals surface area contributed by atoms with Crippen LogP contribution >= 0.6 is 0 Å². The van der Waals surface area contributed by atoms with Crippen molar-refractivity contribution in [2.24, 2.45) is 0 Å². The summed E-state index contributed by atoms with van der Waals surface area (Å²) >= 11 is 0. The molecule has 0 saturated heterocycles. The first-order chi connectivity index (χ1) is 16.4. The summed E-state index contributed by atoms with van der Waals surface area (Å²) in [4.78, 5) is 8.53. The van der Waals surface area contributed by atoms with Crippen molar-refractivity contribution in [3.63, 3.8) is 0 Å². The third kappa shape index (κ3) is 4.02. The van der Waals surface area contributed by atoms with Gasteiger partial charge in [0.05, 0.1) is 18.3 Å². The number of aromatic nitrogens is 7. The highest BCUT2D eigenvalue weighted by Gasteiger charge is 2.20. The van der Waals surface area contributed by atoms with Crippen LogP contribution < -0.4 is 5.32 Å². The molecule has 5 aromatic rings. The second-order valence-corrected chi connectivity index (χ2v) is 7.18. The Hall–Kier alpha value is -4.42. The van der Waals surface area contributed by atoms with Crippen molar-refractivity contribution in [3.8, 4) is 22.7 Å². The van der Waals surface area contributed by atoms with Gasteiger partial charge in [0.25, 0.3) is 5.89 Å². The van der Waals surface area contributed by atoms with Crippen LogP contribution in [0, 0.1) is 11.6 Å². The summed E-state index contributed by atoms with van der Waals surface area (Å²) < 4.78 is 60.6. The largest absolute Gasteiger partial charge is 0.415 e. The Bertz CT molecular complexity index is 1480. The average Bonchev–Trinajstić information content (AvgIpc) is 3.51. The Morgan fingerprint density at radius 3 is 2.53 bits per heavy atom. The summed E-state index contributed by atoms with van der Waals surface area (Å²) in [5, 5.41) is 18.2. The topological polar surface area (TPSA) is 107 Å². The molecule has 13 heteroatoms. The van der Waals surface area contributed by atoms with Gasteiger partial charge in [0, 0.05) is 35.3 Å². The van der Waals surface area contributed by atoms with E-state index in [-0.39, 0.29) is 17.7 Å². The molecule has 0 spiro atoms. The molecule has 0 bridgehead atoms. The summed E-state index contributed by atoms with van der Waals surface area (Å²) in [5.74, 6) is -2.70. The minimum absolute atomic E-state index is 0.155. The van der Waals surface area contributed by atoms with Gasteiger partial charge >= 0.3 is 6.43 Å². The maximum Gasteiger partial charge on any atom is 0.314 e. The Kier molecular flexibility index (Phi) is 5.36. The standard InChI is InChI=1S/C21H14F4N8O/c1-26-21-27-7-12-4-10(2-3-16(12)28-21)17-9-33(32-29-17)8-13-14(22)5-11(6-15(13)23)19-30-31-20(34-19)18(24)25/h2-7,9,18H,8H2,1H3,(H,26,27,28). The van der Waals surface area contributed by atoms with Gasteiger partial charge in [0.15, 0.2) is 0 Å². The SMILES string of the molecule is CNc1ncc2cc(-c3cn(Cc4c(F)cc(-c5nnc(C(F)F)o5)cc4F)nn3)ccc2n1. The number of nitrogens with one attached hydrogen (secondary N) is 1. The molecule has 0 aliphatic carbocycles. The van der Waals surface area contributed by atoms with E-state index < -0.39 is 29.8 Å². The number of rotatable bonds is 6. The fourth-order valence-corrected chi connectivity index (χ4v) is 3.30. The summed E-state index contributed by atoms with van der Waals surface area (Å²) in [5.41, 5.74) is 1.50. The zero-order valence-electron chi connectivity index (χ0n) is 17.4. The van der Waals surface area contributed by atoms with Crippen molar-refractivity contribution in [3.05, 3.63) is 65.8 Å².